The highest BCUT2D eigenvalue weighted by atomic mass is 79.9. The molecule has 0 aliphatic carbocycles. The highest BCUT2D eigenvalue weighted by Gasteiger charge is 2.08. The van der Waals surface area contributed by atoms with E-state index in [4.69, 9.17) is 11.6 Å². The van der Waals surface area contributed by atoms with Crippen LogP contribution in [0.25, 0.3) is 0 Å². The van der Waals surface area contributed by atoms with E-state index in [9.17, 15) is 4.79 Å². The van der Waals surface area contributed by atoms with Crippen molar-refractivity contribution in [3.05, 3.63) is 34.3 Å². The lowest BCUT2D eigenvalue weighted by Gasteiger charge is -2.17. The maximum absolute atomic E-state index is 11.6. The maximum Gasteiger partial charge on any atom is 0.222 e. The van der Waals surface area contributed by atoms with E-state index in [0.29, 0.717) is 18.8 Å². The Morgan fingerprint density at radius 1 is 1.50 bits per heavy atom. The Morgan fingerprint density at radius 2 is 2.25 bits per heavy atom. The first-order valence-corrected chi connectivity index (χ1v) is 6.50. The number of hydrogen-bond acceptors (Lipinski definition) is 1. The highest BCUT2D eigenvalue weighted by molar-refractivity contribution is 9.10. The zero-order valence-corrected chi connectivity index (χ0v) is 11.6. The minimum atomic E-state index is 0.139. The molecular formula is C12H15BrClNO. The van der Waals surface area contributed by atoms with E-state index in [1.165, 1.54) is 0 Å². The molecular weight excluding hydrogens is 289 g/mol. The zero-order chi connectivity index (χ0) is 12.0. The molecule has 0 atom stereocenters. The highest BCUT2D eigenvalue weighted by Crippen LogP contribution is 2.13. The van der Waals surface area contributed by atoms with E-state index >= 15 is 0 Å². The molecule has 1 aromatic rings. The number of alkyl halides is 1. The topological polar surface area (TPSA) is 20.3 Å². The molecule has 0 heterocycles. The second kappa shape index (κ2) is 6.92. The standard InChI is InChI=1S/C12H15BrClNO/c1-15(12(16)6-3-7-14)9-10-4-2-5-11(13)8-10/h2,4-5,8H,3,6-7,9H2,1H3. The third-order valence-electron chi connectivity index (χ3n) is 2.26. The van der Waals surface area contributed by atoms with Crippen LogP contribution in [0.1, 0.15) is 18.4 Å². The number of rotatable bonds is 5. The van der Waals surface area contributed by atoms with Gasteiger partial charge in [0, 0.05) is 30.4 Å². The Morgan fingerprint density at radius 3 is 2.88 bits per heavy atom. The predicted molar refractivity (Wildman–Crippen MR) is 70.6 cm³/mol. The summed E-state index contributed by atoms with van der Waals surface area (Å²) in [5.74, 6) is 0.678. The summed E-state index contributed by atoms with van der Waals surface area (Å²) < 4.78 is 1.03. The van der Waals surface area contributed by atoms with Crippen molar-refractivity contribution in [3.8, 4) is 0 Å². The number of carbonyl (C=O) groups excluding carboxylic acids is 1. The van der Waals surface area contributed by atoms with E-state index in [2.05, 4.69) is 15.9 Å². The summed E-state index contributed by atoms with van der Waals surface area (Å²) in [5.41, 5.74) is 1.12. The van der Waals surface area contributed by atoms with Crippen molar-refractivity contribution in [2.24, 2.45) is 0 Å². The van der Waals surface area contributed by atoms with Crippen LogP contribution in [0.2, 0.25) is 0 Å². The largest absolute Gasteiger partial charge is 0.341 e. The maximum atomic E-state index is 11.6. The van der Waals surface area contributed by atoms with E-state index in [0.717, 1.165) is 16.5 Å². The minimum absolute atomic E-state index is 0.139. The van der Waals surface area contributed by atoms with Crippen LogP contribution in [0.4, 0.5) is 0 Å². The molecule has 2 nitrogen and oxygen atoms in total. The molecule has 0 unspecified atom stereocenters. The second-order valence-electron chi connectivity index (χ2n) is 3.67. The molecule has 88 valence electrons. The fourth-order valence-corrected chi connectivity index (χ4v) is 1.99. The summed E-state index contributed by atoms with van der Waals surface area (Å²) in [4.78, 5) is 13.4. The third kappa shape index (κ3) is 4.54. The Labute approximate surface area is 110 Å². The second-order valence-corrected chi connectivity index (χ2v) is 4.97. The van der Waals surface area contributed by atoms with E-state index in [1.54, 1.807) is 4.90 Å². The van der Waals surface area contributed by atoms with E-state index in [1.807, 2.05) is 31.3 Å². The Kier molecular flexibility index (Phi) is 5.85. The molecule has 0 spiro atoms. The van der Waals surface area contributed by atoms with Gasteiger partial charge in [-0.05, 0) is 24.1 Å². The average molecular weight is 305 g/mol. The summed E-state index contributed by atoms with van der Waals surface area (Å²) in [6.07, 6.45) is 1.26. The zero-order valence-electron chi connectivity index (χ0n) is 9.25. The molecule has 1 amide bonds. The van der Waals surface area contributed by atoms with Gasteiger partial charge in [-0.2, -0.15) is 0 Å². The molecule has 0 aliphatic heterocycles. The number of carbonyl (C=O) groups is 1. The molecule has 0 saturated heterocycles. The number of nitrogens with zero attached hydrogens (tertiary/aromatic N) is 1. The first-order valence-electron chi connectivity index (χ1n) is 5.18. The average Bonchev–Trinajstić information content (AvgIpc) is 2.25. The van der Waals surface area contributed by atoms with Crippen molar-refractivity contribution in [1.82, 2.24) is 4.90 Å². The Bertz CT molecular complexity index is 357. The lowest BCUT2D eigenvalue weighted by Crippen LogP contribution is -2.25. The van der Waals surface area contributed by atoms with Crippen LogP contribution in [0, 0.1) is 0 Å². The summed E-state index contributed by atoms with van der Waals surface area (Å²) in [6.45, 7) is 0.639. The van der Waals surface area contributed by atoms with E-state index < -0.39 is 0 Å². The van der Waals surface area contributed by atoms with Crippen molar-refractivity contribution in [3.63, 3.8) is 0 Å². The van der Waals surface area contributed by atoms with Crippen LogP contribution in [0.5, 0.6) is 0 Å². The van der Waals surface area contributed by atoms with Crippen LogP contribution < -0.4 is 0 Å². The fourth-order valence-electron chi connectivity index (χ4n) is 1.41. The number of halogens is 2. The van der Waals surface area contributed by atoms with Crippen molar-refractivity contribution in [2.75, 3.05) is 12.9 Å². The molecule has 0 aromatic heterocycles. The Balaban J connectivity index is 2.50. The van der Waals surface area contributed by atoms with Gasteiger partial charge in [-0.25, -0.2) is 0 Å². The van der Waals surface area contributed by atoms with Crippen molar-refractivity contribution >= 4 is 33.4 Å². The van der Waals surface area contributed by atoms with Gasteiger partial charge in [-0.3, -0.25) is 4.79 Å². The van der Waals surface area contributed by atoms with Crippen LogP contribution in [0.15, 0.2) is 28.7 Å². The molecule has 1 rings (SSSR count). The molecule has 1 aromatic carbocycles. The summed E-state index contributed by atoms with van der Waals surface area (Å²) in [5, 5.41) is 0. The Hall–Kier alpha value is -0.540. The monoisotopic (exact) mass is 303 g/mol. The molecule has 4 heteroatoms. The van der Waals surface area contributed by atoms with Gasteiger partial charge in [0.1, 0.15) is 0 Å². The predicted octanol–water partition coefficient (Wildman–Crippen LogP) is 3.43. The summed E-state index contributed by atoms with van der Waals surface area (Å²) in [6, 6.07) is 7.97. The molecule has 16 heavy (non-hydrogen) atoms. The van der Waals surface area contributed by atoms with Crippen LogP contribution in [-0.4, -0.2) is 23.7 Å². The molecule has 0 bridgehead atoms. The minimum Gasteiger partial charge on any atom is -0.341 e. The summed E-state index contributed by atoms with van der Waals surface area (Å²) in [7, 11) is 1.82. The molecule has 0 N–H and O–H groups in total. The van der Waals surface area contributed by atoms with Crippen LogP contribution in [-0.2, 0) is 11.3 Å². The fraction of sp³-hybridized carbons (Fsp3) is 0.417. The molecule has 0 fully saturated rings. The van der Waals surface area contributed by atoms with Gasteiger partial charge in [0.05, 0.1) is 0 Å². The number of hydrogen-bond donors (Lipinski definition) is 0. The van der Waals surface area contributed by atoms with Gasteiger partial charge in [-0.1, -0.05) is 28.1 Å². The lowest BCUT2D eigenvalue weighted by molar-refractivity contribution is -0.130. The van der Waals surface area contributed by atoms with Gasteiger partial charge in [-0.15, -0.1) is 11.6 Å². The van der Waals surface area contributed by atoms with Crippen molar-refractivity contribution in [1.29, 1.82) is 0 Å². The lowest BCUT2D eigenvalue weighted by atomic mass is 10.2. The normalized spacial score (nSPS) is 10.2. The number of amides is 1. The van der Waals surface area contributed by atoms with Gasteiger partial charge in [0.2, 0.25) is 5.91 Å². The number of benzene rings is 1. The van der Waals surface area contributed by atoms with Gasteiger partial charge in [0.15, 0.2) is 0 Å². The smallest absolute Gasteiger partial charge is 0.222 e. The third-order valence-corrected chi connectivity index (χ3v) is 3.02. The molecule has 0 saturated carbocycles. The summed E-state index contributed by atoms with van der Waals surface area (Å²) >= 11 is 8.96. The van der Waals surface area contributed by atoms with Crippen molar-refractivity contribution < 1.29 is 4.79 Å². The molecule has 0 aliphatic rings. The van der Waals surface area contributed by atoms with E-state index in [-0.39, 0.29) is 5.91 Å². The van der Waals surface area contributed by atoms with Crippen LogP contribution >= 0.6 is 27.5 Å². The first kappa shape index (κ1) is 13.5. The van der Waals surface area contributed by atoms with Gasteiger partial charge in [0.25, 0.3) is 0 Å². The van der Waals surface area contributed by atoms with Gasteiger partial charge >= 0.3 is 0 Å². The van der Waals surface area contributed by atoms with Crippen LogP contribution in [0.3, 0.4) is 0 Å². The molecule has 0 radical (unpaired) electrons. The van der Waals surface area contributed by atoms with Gasteiger partial charge < -0.3 is 4.90 Å². The SMILES string of the molecule is CN(Cc1cccc(Br)c1)C(=O)CCCCl. The first-order chi connectivity index (χ1) is 7.63. The van der Waals surface area contributed by atoms with Crippen molar-refractivity contribution in [2.45, 2.75) is 19.4 Å². The quantitative estimate of drug-likeness (QED) is 0.763.